The zero-order chi connectivity index (χ0) is 21.7. The van der Waals surface area contributed by atoms with Gasteiger partial charge in [-0.15, -0.1) is 0 Å². The highest BCUT2D eigenvalue weighted by atomic mass is 32.2. The fourth-order valence-corrected chi connectivity index (χ4v) is 4.96. The minimum atomic E-state index is -3.76. The highest BCUT2D eigenvalue weighted by Gasteiger charge is 2.31. The van der Waals surface area contributed by atoms with Crippen molar-refractivity contribution in [2.45, 2.75) is 24.7 Å². The second-order valence-electron chi connectivity index (χ2n) is 6.73. The van der Waals surface area contributed by atoms with E-state index in [0.717, 1.165) is 12.8 Å². The normalized spacial score (nSPS) is 14.4. The average molecular weight is 435 g/mol. The molecular formula is C21H26N2O6S. The quantitative estimate of drug-likeness (QED) is 0.686. The Kier molecular flexibility index (Phi) is 6.84. The maximum absolute atomic E-state index is 13.1. The smallest absolute Gasteiger partial charge is 0.255 e. The lowest BCUT2D eigenvalue weighted by molar-refractivity contribution is 0.102. The van der Waals surface area contributed by atoms with Crippen molar-refractivity contribution in [3.8, 4) is 17.2 Å². The van der Waals surface area contributed by atoms with Crippen molar-refractivity contribution in [1.82, 2.24) is 4.31 Å². The standard InChI is InChI=1S/C21H26N2O6S/c1-4-29-18-10-7-15(13-20(18)30(25,26)23-11-5-6-12-23)21(24)22-17-9-8-16(27-2)14-19(17)28-3/h7-10,13-14H,4-6,11-12H2,1-3H3,(H,22,24). The van der Waals surface area contributed by atoms with E-state index in [0.29, 0.717) is 36.9 Å². The van der Waals surface area contributed by atoms with Gasteiger partial charge in [-0.05, 0) is 50.1 Å². The van der Waals surface area contributed by atoms with Gasteiger partial charge in [-0.3, -0.25) is 4.79 Å². The molecule has 1 aliphatic rings. The summed E-state index contributed by atoms with van der Waals surface area (Å²) in [6.07, 6.45) is 1.64. The molecule has 0 aliphatic carbocycles. The van der Waals surface area contributed by atoms with Gasteiger partial charge in [-0.2, -0.15) is 4.31 Å². The molecule has 0 aromatic heterocycles. The topological polar surface area (TPSA) is 94.2 Å². The second-order valence-corrected chi connectivity index (χ2v) is 8.63. The number of carbonyl (C=O) groups is 1. The minimum Gasteiger partial charge on any atom is -0.497 e. The van der Waals surface area contributed by atoms with E-state index in [4.69, 9.17) is 14.2 Å². The maximum atomic E-state index is 13.1. The third kappa shape index (κ3) is 4.52. The zero-order valence-electron chi connectivity index (χ0n) is 17.3. The first-order valence-corrected chi connectivity index (χ1v) is 11.1. The van der Waals surface area contributed by atoms with Crippen molar-refractivity contribution in [3.05, 3.63) is 42.0 Å². The van der Waals surface area contributed by atoms with Crippen molar-refractivity contribution >= 4 is 21.6 Å². The molecule has 162 valence electrons. The summed E-state index contributed by atoms with van der Waals surface area (Å²) in [5.74, 6) is 0.797. The van der Waals surface area contributed by atoms with Gasteiger partial charge in [-0.1, -0.05) is 0 Å². The number of nitrogens with zero attached hydrogens (tertiary/aromatic N) is 1. The van der Waals surface area contributed by atoms with Crippen LogP contribution in [0.5, 0.6) is 17.2 Å². The third-order valence-electron chi connectivity index (χ3n) is 4.85. The molecule has 1 fully saturated rings. The zero-order valence-corrected chi connectivity index (χ0v) is 18.1. The Balaban J connectivity index is 1.94. The summed E-state index contributed by atoms with van der Waals surface area (Å²) in [6, 6.07) is 9.43. The number of hydrogen-bond donors (Lipinski definition) is 1. The Bertz CT molecular complexity index is 1020. The van der Waals surface area contributed by atoms with Crippen molar-refractivity contribution in [2.24, 2.45) is 0 Å². The second kappa shape index (κ2) is 9.36. The van der Waals surface area contributed by atoms with Crippen LogP contribution in [0.2, 0.25) is 0 Å². The fraction of sp³-hybridized carbons (Fsp3) is 0.381. The van der Waals surface area contributed by atoms with Crippen LogP contribution in [0.25, 0.3) is 0 Å². The Morgan fingerprint density at radius 3 is 2.40 bits per heavy atom. The van der Waals surface area contributed by atoms with E-state index in [-0.39, 0.29) is 16.2 Å². The summed E-state index contributed by atoms with van der Waals surface area (Å²) in [6.45, 7) is 3.03. The summed E-state index contributed by atoms with van der Waals surface area (Å²) in [7, 11) is -0.730. The lowest BCUT2D eigenvalue weighted by atomic mass is 10.2. The van der Waals surface area contributed by atoms with Crippen LogP contribution in [-0.2, 0) is 10.0 Å². The van der Waals surface area contributed by atoms with Gasteiger partial charge in [0.1, 0.15) is 22.1 Å². The van der Waals surface area contributed by atoms with Crippen molar-refractivity contribution in [1.29, 1.82) is 0 Å². The van der Waals surface area contributed by atoms with E-state index in [9.17, 15) is 13.2 Å². The molecule has 1 aliphatic heterocycles. The maximum Gasteiger partial charge on any atom is 0.255 e. The van der Waals surface area contributed by atoms with Crippen LogP contribution in [0.3, 0.4) is 0 Å². The molecule has 0 atom stereocenters. The predicted octanol–water partition coefficient (Wildman–Crippen LogP) is 3.14. The molecule has 0 bridgehead atoms. The summed E-state index contributed by atoms with van der Waals surface area (Å²) >= 11 is 0. The van der Waals surface area contributed by atoms with Crippen LogP contribution in [0, 0.1) is 0 Å². The summed E-state index contributed by atoms with van der Waals surface area (Å²) in [5, 5.41) is 2.76. The number of benzene rings is 2. The monoisotopic (exact) mass is 434 g/mol. The molecule has 1 N–H and O–H groups in total. The fourth-order valence-electron chi connectivity index (χ4n) is 3.29. The predicted molar refractivity (Wildman–Crippen MR) is 113 cm³/mol. The van der Waals surface area contributed by atoms with Gasteiger partial charge >= 0.3 is 0 Å². The lowest BCUT2D eigenvalue weighted by Crippen LogP contribution is -2.28. The van der Waals surface area contributed by atoms with Gasteiger partial charge in [0.05, 0.1) is 26.5 Å². The van der Waals surface area contributed by atoms with Gasteiger partial charge in [0.25, 0.3) is 5.91 Å². The Labute approximate surface area is 176 Å². The number of ether oxygens (including phenoxy) is 3. The molecule has 9 heteroatoms. The van der Waals surface area contributed by atoms with Crippen LogP contribution in [0.15, 0.2) is 41.3 Å². The number of amides is 1. The molecule has 1 saturated heterocycles. The molecule has 1 amide bonds. The first-order valence-electron chi connectivity index (χ1n) is 9.71. The first-order chi connectivity index (χ1) is 14.4. The van der Waals surface area contributed by atoms with Crippen molar-refractivity contribution < 1.29 is 27.4 Å². The highest BCUT2D eigenvalue weighted by molar-refractivity contribution is 7.89. The molecule has 2 aromatic rings. The molecule has 0 spiro atoms. The molecule has 30 heavy (non-hydrogen) atoms. The molecule has 0 saturated carbocycles. The van der Waals surface area contributed by atoms with E-state index in [2.05, 4.69) is 5.32 Å². The highest BCUT2D eigenvalue weighted by Crippen LogP contribution is 2.32. The Hall–Kier alpha value is -2.78. The molecule has 0 radical (unpaired) electrons. The van der Waals surface area contributed by atoms with Crippen LogP contribution < -0.4 is 19.5 Å². The van der Waals surface area contributed by atoms with Crippen molar-refractivity contribution in [3.63, 3.8) is 0 Å². The van der Waals surface area contributed by atoms with Crippen LogP contribution in [-0.4, -0.2) is 52.5 Å². The van der Waals surface area contributed by atoms with Gasteiger partial charge in [0, 0.05) is 24.7 Å². The number of carbonyl (C=O) groups excluding carboxylic acids is 1. The van der Waals surface area contributed by atoms with Gasteiger partial charge in [0.2, 0.25) is 10.0 Å². The largest absolute Gasteiger partial charge is 0.497 e. The Morgan fingerprint density at radius 2 is 1.77 bits per heavy atom. The SMILES string of the molecule is CCOc1ccc(C(=O)Nc2ccc(OC)cc2OC)cc1S(=O)(=O)N1CCCC1. The minimum absolute atomic E-state index is 0.000552. The van der Waals surface area contributed by atoms with Crippen LogP contribution in [0.4, 0.5) is 5.69 Å². The van der Waals surface area contributed by atoms with Crippen molar-refractivity contribution in [2.75, 3.05) is 39.2 Å². The Morgan fingerprint density at radius 1 is 1.03 bits per heavy atom. The average Bonchev–Trinajstić information content (AvgIpc) is 3.30. The first kappa shape index (κ1) is 21.9. The number of anilines is 1. The summed E-state index contributed by atoms with van der Waals surface area (Å²) in [4.78, 5) is 12.9. The number of hydrogen-bond acceptors (Lipinski definition) is 6. The van der Waals surface area contributed by atoms with Crippen LogP contribution in [0.1, 0.15) is 30.1 Å². The molecule has 1 heterocycles. The molecule has 2 aromatic carbocycles. The molecule has 3 rings (SSSR count). The van der Waals surface area contributed by atoms with Gasteiger partial charge < -0.3 is 19.5 Å². The lowest BCUT2D eigenvalue weighted by Gasteiger charge is -2.19. The molecule has 8 nitrogen and oxygen atoms in total. The van der Waals surface area contributed by atoms with E-state index in [1.807, 2.05) is 0 Å². The number of sulfonamides is 1. The number of nitrogens with one attached hydrogen (secondary N) is 1. The van der Waals surface area contributed by atoms with Gasteiger partial charge in [-0.25, -0.2) is 8.42 Å². The molecule has 0 unspecified atom stereocenters. The number of methoxy groups -OCH3 is 2. The summed E-state index contributed by atoms with van der Waals surface area (Å²) < 4.78 is 43.7. The van der Waals surface area contributed by atoms with Gasteiger partial charge in [0.15, 0.2) is 0 Å². The van der Waals surface area contributed by atoms with Crippen LogP contribution >= 0.6 is 0 Å². The summed E-state index contributed by atoms with van der Waals surface area (Å²) in [5.41, 5.74) is 0.648. The van der Waals surface area contributed by atoms with E-state index in [1.54, 1.807) is 31.2 Å². The third-order valence-corrected chi connectivity index (χ3v) is 6.77. The van der Waals surface area contributed by atoms with E-state index in [1.165, 1.54) is 30.7 Å². The van der Waals surface area contributed by atoms with E-state index < -0.39 is 15.9 Å². The van der Waals surface area contributed by atoms with E-state index >= 15 is 0 Å². The number of rotatable bonds is 8. The molecular weight excluding hydrogens is 408 g/mol.